The first kappa shape index (κ1) is 15.2. The number of halogens is 3. The van der Waals surface area contributed by atoms with Crippen LogP contribution < -0.4 is 5.32 Å². The van der Waals surface area contributed by atoms with Gasteiger partial charge >= 0.3 is 6.18 Å². The van der Waals surface area contributed by atoms with Gasteiger partial charge in [-0.15, -0.1) is 0 Å². The van der Waals surface area contributed by atoms with Gasteiger partial charge in [-0.05, 0) is 49.3 Å². The van der Waals surface area contributed by atoms with E-state index >= 15 is 0 Å². The van der Waals surface area contributed by atoms with Gasteiger partial charge in [0.05, 0.1) is 0 Å². The molecule has 23 heavy (non-hydrogen) atoms. The van der Waals surface area contributed by atoms with E-state index in [4.69, 9.17) is 0 Å². The molecule has 3 aliphatic rings. The molecule has 1 aromatic carbocycles. The lowest BCUT2D eigenvalue weighted by molar-refractivity contribution is -0.0886. The highest BCUT2D eigenvalue weighted by molar-refractivity contribution is 6.02. The summed E-state index contributed by atoms with van der Waals surface area (Å²) in [5, 5.41) is 3.50. The quantitative estimate of drug-likeness (QED) is 0.797. The summed E-state index contributed by atoms with van der Waals surface area (Å²) in [7, 11) is 0. The molecule has 2 fully saturated rings. The van der Waals surface area contributed by atoms with Crippen LogP contribution in [0.25, 0.3) is 0 Å². The molecule has 1 saturated heterocycles. The molecule has 4 rings (SSSR count). The lowest BCUT2D eigenvalue weighted by atomic mass is 9.52. The largest absolute Gasteiger partial charge is 0.454 e. The third-order valence-electron chi connectivity index (χ3n) is 6.20. The average Bonchev–Trinajstić information content (AvgIpc) is 2.53. The molecule has 0 aromatic heterocycles. The van der Waals surface area contributed by atoms with Crippen LogP contribution in [0.3, 0.4) is 0 Å². The minimum atomic E-state index is -4.81. The topological polar surface area (TPSA) is 29.1 Å². The van der Waals surface area contributed by atoms with Crippen molar-refractivity contribution in [2.24, 2.45) is 5.92 Å². The van der Waals surface area contributed by atoms with Gasteiger partial charge in [-0.3, -0.25) is 4.79 Å². The van der Waals surface area contributed by atoms with Crippen molar-refractivity contribution in [1.29, 1.82) is 0 Å². The van der Waals surface area contributed by atoms with E-state index in [2.05, 4.69) is 5.32 Å². The zero-order valence-corrected chi connectivity index (χ0v) is 12.9. The monoisotopic (exact) mass is 323 g/mol. The number of rotatable bonds is 1. The molecule has 1 aromatic rings. The van der Waals surface area contributed by atoms with Crippen molar-refractivity contribution in [3.05, 3.63) is 34.9 Å². The fraction of sp³-hybridized carbons (Fsp3) is 0.611. The van der Waals surface area contributed by atoms with Crippen LogP contribution in [0.15, 0.2) is 18.2 Å². The smallest absolute Gasteiger partial charge is 0.313 e. The Kier molecular flexibility index (Phi) is 3.34. The van der Waals surface area contributed by atoms with E-state index in [0.717, 1.165) is 37.8 Å². The number of ketones is 1. The van der Waals surface area contributed by atoms with Gasteiger partial charge in [-0.25, -0.2) is 0 Å². The second-order valence-electron chi connectivity index (χ2n) is 7.18. The van der Waals surface area contributed by atoms with Crippen molar-refractivity contribution in [1.82, 2.24) is 5.32 Å². The van der Waals surface area contributed by atoms with E-state index in [-0.39, 0.29) is 17.0 Å². The predicted octanol–water partition coefficient (Wildman–Crippen LogP) is 3.78. The molecule has 5 heteroatoms. The molecule has 2 nitrogen and oxygen atoms in total. The van der Waals surface area contributed by atoms with E-state index in [0.29, 0.717) is 17.9 Å². The molecule has 124 valence electrons. The molecule has 1 heterocycles. The number of carbonyl (C=O) groups is 1. The number of fused-ring (bicyclic) bond motifs is 1. The van der Waals surface area contributed by atoms with Crippen LogP contribution >= 0.6 is 0 Å². The highest BCUT2D eigenvalue weighted by Crippen LogP contribution is 2.54. The lowest BCUT2D eigenvalue weighted by Gasteiger charge is -2.56. The molecule has 0 radical (unpaired) electrons. The molecular weight excluding hydrogens is 303 g/mol. The Morgan fingerprint density at radius 1 is 1.22 bits per heavy atom. The maximum atomic E-state index is 13.0. The Morgan fingerprint density at radius 2 is 2.04 bits per heavy atom. The number of piperidine rings is 1. The van der Waals surface area contributed by atoms with Gasteiger partial charge in [-0.1, -0.05) is 31.0 Å². The van der Waals surface area contributed by atoms with E-state index < -0.39 is 12.0 Å². The van der Waals surface area contributed by atoms with Crippen molar-refractivity contribution in [2.75, 3.05) is 6.54 Å². The Morgan fingerprint density at radius 3 is 2.83 bits per heavy atom. The molecule has 3 atom stereocenters. The first-order chi connectivity index (χ1) is 10.9. The van der Waals surface area contributed by atoms with Crippen molar-refractivity contribution < 1.29 is 18.0 Å². The maximum Gasteiger partial charge on any atom is 0.454 e. The van der Waals surface area contributed by atoms with Crippen LogP contribution in [0.5, 0.6) is 0 Å². The highest BCUT2D eigenvalue weighted by atomic mass is 19.4. The second kappa shape index (κ2) is 5.07. The molecule has 0 spiro atoms. The van der Waals surface area contributed by atoms with Gasteiger partial charge < -0.3 is 5.32 Å². The zero-order chi connectivity index (χ0) is 16.2. The number of hydrogen-bond donors (Lipinski definition) is 1. The summed E-state index contributed by atoms with van der Waals surface area (Å²) in [6, 6.07) is 5.17. The number of hydrogen-bond acceptors (Lipinski definition) is 2. The van der Waals surface area contributed by atoms with Crippen molar-refractivity contribution in [3.8, 4) is 0 Å². The SMILES string of the molecule is O=C(c1cccc2c1C[C@H]1NCC[C@@]23CCCC[C@@H]13)C(F)(F)F. The molecule has 2 aliphatic carbocycles. The standard InChI is InChI=1S/C18H20F3NO/c19-18(20,21)16(23)11-4-3-6-13-12(11)10-15-14-5-1-2-7-17(13,14)8-9-22-15/h3-4,6,14-15,22H,1-2,5,7-10H2/t14-,15+,17-/m0/s1. The summed E-state index contributed by atoms with van der Waals surface area (Å²) >= 11 is 0. The Labute approximate surface area is 133 Å². The normalized spacial score (nSPS) is 32.8. The lowest BCUT2D eigenvalue weighted by Crippen LogP contribution is -2.59. The van der Waals surface area contributed by atoms with Crippen LogP contribution in [0.4, 0.5) is 13.2 Å². The Hall–Kier alpha value is -1.36. The van der Waals surface area contributed by atoms with Crippen molar-refractivity contribution in [2.45, 2.75) is 56.2 Å². The maximum absolute atomic E-state index is 13.0. The van der Waals surface area contributed by atoms with E-state index in [1.165, 1.54) is 12.5 Å². The summed E-state index contributed by atoms with van der Waals surface area (Å²) in [6.07, 6.45) is 1.19. The first-order valence-corrected chi connectivity index (χ1v) is 8.41. The third kappa shape index (κ3) is 2.16. The fourth-order valence-corrected chi connectivity index (χ4v) is 5.33. The molecule has 0 unspecified atom stereocenters. The van der Waals surface area contributed by atoms with Gasteiger partial charge in [0.15, 0.2) is 0 Å². The number of carbonyl (C=O) groups excluding carboxylic acids is 1. The van der Waals surface area contributed by atoms with Gasteiger partial charge in [-0.2, -0.15) is 13.2 Å². The average molecular weight is 323 g/mol. The van der Waals surface area contributed by atoms with Crippen LogP contribution in [0.2, 0.25) is 0 Å². The minimum absolute atomic E-state index is 0.0242. The Bertz CT molecular complexity index is 650. The number of benzene rings is 1. The summed E-state index contributed by atoms with van der Waals surface area (Å²) in [6.45, 7) is 0.915. The second-order valence-corrected chi connectivity index (χ2v) is 7.18. The predicted molar refractivity (Wildman–Crippen MR) is 80.6 cm³/mol. The number of alkyl halides is 3. The molecule has 2 bridgehead atoms. The minimum Gasteiger partial charge on any atom is -0.313 e. The van der Waals surface area contributed by atoms with Gasteiger partial charge in [0.2, 0.25) is 0 Å². The Balaban J connectivity index is 1.88. The van der Waals surface area contributed by atoms with Gasteiger partial charge in [0, 0.05) is 17.0 Å². The summed E-state index contributed by atoms with van der Waals surface area (Å²) < 4.78 is 38.9. The van der Waals surface area contributed by atoms with E-state index in [1.807, 2.05) is 6.07 Å². The molecule has 1 aliphatic heterocycles. The molecular formula is C18H20F3NO. The van der Waals surface area contributed by atoms with Crippen molar-refractivity contribution in [3.63, 3.8) is 0 Å². The molecule has 1 saturated carbocycles. The number of nitrogens with one attached hydrogen (secondary N) is 1. The molecule has 0 amide bonds. The summed E-state index contributed by atoms with van der Waals surface area (Å²) in [5.74, 6) is -1.20. The summed E-state index contributed by atoms with van der Waals surface area (Å²) in [4.78, 5) is 11.9. The summed E-state index contributed by atoms with van der Waals surface area (Å²) in [5.41, 5.74) is 1.51. The number of Topliss-reactive ketones (excluding diaryl/α,β-unsaturated/α-hetero) is 1. The fourth-order valence-electron chi connectivity index (χ4n) is 5.33. The third-order valence-corrected chi connectivity index (χ3v) is 6.20. The van der Waals surface area contributed by atoms with E-state index in [1.54, 1.807) is 6.07 Å². The van der Waals surface area contributed by atoms with Gasteiger partial charge in [0.25, 0.3) is 5.78 Å². The van der Waals surface area contributed by atoms with Crippen molar-refractivity contribution >= 4 is 5.78 Å². The van der Waals surface area contributed by atoms with Crippen LogP contribution in [0.1, 0.15) is 53.6 Å². The zero-order valence-electron chi connectivity index (χ0n) is 12.9. The molecule has 1 N–H and O–H groups in total. The highest BCUT2D eigenvalue weighted by Gasteiger charge is 2.52. The van der Waals surface area contributed by atoms with Crippen LogP contribution in [-0.4, -0.2) is 24.5 Å². The van der Waals surface area contributed by atoms with Crippen LogP contribution in [0, 0.1) is 5.92 Å². The van der Waals surface area contributed by atoms with Crippen LogP contribution in [-0.2, 0) is 11.8 Å². The van der Waals surface area contributed by atoms with E-state index in [9.17, 15) is 18.0 Å². The van der Waals surface area contributed by atoms with Gasteiger partial charge in [0.1, 0.15) is 0 Å². The first-order valence-electron chi connectivity index (χ1n) is 8.41.